The molecule has 1 atom stereocenters. The number of amides is 1. The first-order chi connectivity index (χ1) is 12.8. The minimum Gasteiger partial charge on any atom is -0.326 e. The summed E-state index contributed by atoms with van der Waals surface area (Å²) < 4.78 is 26.9. The maximum absolute atomic E-state index is 12.7. The van der Waals surface area contributed by atoms with Crippen molar-refractivity contribution in [2.75, 3.05) is 18.4 Å². The molecule has 5 nitrogen and oxygen atoms in total. The number of piperidine rings is 1. The van der Waals surface area contributed by atoms with Gasteiger partial charge in [-0.25, -0.2) is 12.7 Å². The molecule has 1 heterocycles. The zero-order valence-electron chi connectivity index (χ0n) is 15.2. The van der Waals surface area contributed by atoms with E-state index >= 15 is 0 Å². The number of sulfonamides is 1. The molecule has 0 saturated carbocycles. The van der Waals surface area contributed by atoms with Gasteiger partial charge in [0.05, 0.1) is 11.7 Å². The molecule has 1 fully saturated rings. The number of carbonyl (C=O) groups excluding carboxylic acids is 1. The SMILES string of the molecule is Cc1ccc(NC(=O)[C@H]2CCCN(S(=O)(=O)Cc3ccccc3)C2)cc1Cl. The van der Waals surface area contributed by atoms with Crippen molar-refractivity contribution in [2.24, 2.45) is 5.92 Å². The molecule has 1 saturated heterocycles. The molecule has 7 heteroatoms. The van der Waals surface area contributed by atoms with E-state index in [-0.39, 0.29) is 24.1 Å². The maximum Gasteiger partial charge on any atom is 0.228 e. The van der Waals surface area contributed by atoms with Crippen LogP contribution in [0.5, 0.6) is 0 Å². The van der Waals surface area contributed by atoms with E-state index in [4.69, 9.17) is 11.6 Å². The van der Waals surface area contributed by atoms with Crippen molar-refractivity contribution in [1.82, 2.24) is 4.31 Å². The fourth-order valence-electron chi connectivity index (χ4n) is 3.20. The highest BCUT2D eigenvalue weighted by molar-refractivity contribution is 7.88. The Hall–Kier alpha value is -1.89. The van der Waals surface area contributed by atoms with Crippen LogP contribution in [0.2, 0.25) is 5.02 Å². The molecule has 144 valence electrons. The smallest absolute Gasteiger partial charge is 0.228 e. The van der Waals surface area contributed by atoms with Gasteiger partial charge in [0.1, 0.15) is 0 Å². The Morgan fingerprint density at radius 2 is 1.96 bits per heavy atom. The van der Waals surface area contributed by atoms with E-state index in [1.807, 2.05) is 31.2 Å². The predicted molar refractivity (Wildman–Crippen MR) is 108 cm³/mol. The summed E-state index contributed by atoms with van der Waals surface area (Å²) in [5.41, 5.74) is 2.31. The van der Waals surface area contributed by atoms with Gasteiger partial charge in [0.15, 0.2) is 0 Å². The van der Waals surface area contributed by atoms with Gasteiger partial charge in [-0.05, 0) is 43.0 Å². The quantitative estimate of drug-likeness (QED) is 0.820. The van der Waals surface area contributed by atoms with Gasteiger partial charge in [0, 0.05) is 23.8 Å². The van der Waals surface area contributed by atoms with Crippen molar-refractivity contribution in [3.05, 3.63) is 64.7 Å². The number of aryl methyl sites for hydroxylation is 1. The number of benzene rings is 2. The van der Waals surface area contributed by atoms with Gasteiger partial charge in [0.25, 0.3) is 0 Å². The zero-order chi connectivity index (χ0) is 19.4. The Balaban J connectivity index is 1.66. The largest absolute Gasteiger partial charge is 0.326 e. The van der Waals surface area contributed by atoms with E-state index in [1.165, 1.54) is 4.31 Å². The lowest BCUT2D eigenvalue weighted by atomic mass is 9.98. The second-order valence-electron chi connectivity index (χ2n) is 6.89. The minimum absolute atomic E-state index is 0.0459. The van der Waals surface area contributed by atoms with Crippen LogP contribution in [0.4, 0.5) is 5.69 Å². The van der Waals surface area contributed by atoms with Crippen molar-refractivity contribution < 1.29 is 13.2 Å². The van der Waals surface area contributed by atoms with Crippen LogP contribution < -0.4 is 5.32 Å². The fourth-order valence-corrected chi connectivity index (χ4v) is 4.99. The molecule has 1 aliphatic heterocycles. The first-order valence-corrected chi connectivity index (χ1v) is 10.9. The molecule has 0 radical (unpaired) electrons. The Kier molecular flexibility index (Phi) is 6.19. The fraction of sp³-hybridized carbons (Fsp3) is 0.350. The summed E-state index contributed by atoms with van der Waals surface area (Å²) >= 11 is 6.10. The van der Waals surface area contributed by atoms with E-state index in [0.29, 0.717) is 30.1 Å². The van der Waals surface area contributed by atoms with E-state index in [9.17, 15) is 13.2 Å². The van der Waals surface area contributed by atoms with Gasteiger partial charge in [-0.2, -0.15) is 0 Å². The number of carbonyl (C=O) groups is 1. The van der Waals surface area contributed by atoms with Crippen LogP contribution in [0.3, 0.4) is 0 Å². The normalized spacial score (nSPS) is 18.2. The second kappa shape index (κ2) is 8.42. The van der Waals surface area contributed by atoms with Crippen LogP contribution in [0.1, 0.15) is 24.0 Å². The van der Waals surface area contributed by atoms with Crippen LogP contribution >= 0.6 is 11.6 Å². The topological polar surface area (TPSA) is 66.5 Å². The Morgan fingerprint density at radius 3 is 2.67 bits per heavy atom. The molecule has 27 heavy (non-hydrogen) atoms. The molecule has 0 aromatic heterocycles. The van der Waals surface area contributed by atoms with Crippen molar-refractivity contribution in [3.8, 4) is 0 Å². The van der Waals surface area contributed by atoms with E-state index < -0.39 is 10.0 Å². The van der Waals surface area contributed by atoms with Crippen molar-refractivity contribution in [3.63, 3.8) is 0 Å². The van der Waals surface area contributed by atoms with Crippen LogP contribution in [0.25, 0.3) is 0 Å². The highest BCUT2D eigenvalue weighted by Crippen LogP contribution is 2.24. The number of anilines is 1. The molecule has 0 aliphatic carbocycles. The van der Waals surface area contributed by atoms with Crippen molar-refractivity contribution in [2.45, 2.75) is 25.5 Å². The third-order valence-corrected chi connectivity index (χ3v) is 7.00. The molecule has 0 bridgehead atoms. The molecule has 1 N–H and O–H groups in total. The summed E-state index contributed by atoms with van der Waals surface area (Å²) in [6.45, 7) is 2.56. The summed E-state index contributed by atoms with van der Waals surface area (Å²) in [7, 11) is -3.46. The first-order valence-electron chi connectivity index (χ1n) is 8.94. The van der Waals surface area contributed by atoms with Gasteiger partial charge < -0.3 is 5.32 Å². The Morgan fingerprint density at radius 1 is 1.22 bits per heavy atom. The number of nitrogens with one attached hydrogen (secondary N) is 1. The summed E-state index contributed by atoms with van der Waals surface area (Å²) in [5, 5.41) is 3.44. The molecule has 2 aromatic carbocycles. The Bertz CT molecular complexity index is 916. The molecule has 1 aliphatic rings. The minimum atomic E-state index is -3.46. The molecule has 0 spiro atoms. The van der Waals surface area contributed by atoms with E-state index in [1.54, 1.807) is 24.3 Å². The van der Waals surface area contributed by atoms with Crippen molar-refractivity contribution in [1.29, 1.82) is 0 Å². The summed E-state index contributed by atoms with van der Waals surface area (Å²) in [6.07, 6.45) is 1.34. The average molecular weight is 407 g/mol. The van der Waals surface area contributed by atoms with E-state index in [0.717, 1.165) is 11.1 Å². The average Bonchev–Trinajstić information content (AvgIpc) is 2.65. The lowest BCUT2D eigenvalue weighted by molar-refractivity contribution is -0.120. The maximum atomic E-state index is 12.7. The number of nitrogens with zero attached hydrogens (tertiary/aromatic N) is 1. The van der Waals surface area contributed by atoms with Gasteiger partial charge in [-0.15, -0.1) is 0 Å². The summed E-state index contributed by atoms with van der Waals surface area (Å²) in [4.78, 5) is 12.6. The summed E-state index contributed by atoms with van der Waals surface area (Å²) in [6, 6.07) is 14.4. The lowest BCUT2D eigenvalue weighted by Gasteiger charge is -2.31. The number of hydrogen-bond donors (Lipinski definition) is 1. The van der Waals surface area contributed by atoms with Gasteiger partial charge in [-0.1, -0.05) is 48.0 Å². The standard InChI is InChI=1S/C20H23ClN2O3S/c1-15-9-10-18(12-19(15)21)22-20(24)17-8-5-11-23(13-17)27(25,26)14-16-6-3-2-4-7-16/h2-4,6-7,9-10,12,17H,5,8,11,13-14H2,1H3,(H,22,24)/t17-/m0/s1. The van der Waals surface area contributed by atoms with Crippen LogP contribution in [0, 0.1) is 12.8 Å². The van der Waals surface area contributed by atoms with Crippen LogP contribution in [-0.4, -0.2) is 31.7 Å². The molecule has 3 rings (SSSR count). The third-order valence-electron chi connectivity index (χ3n) is 4.78. The number of halogens is 1. The monoisotopic (exact) mass is 406 g/mol. The lowest BCUT2D eigenvalue weighted by Crippen LogP contribution is -2.44. The summed E-state index contributed by atoms with van der Waals surface area (Å²) in [5.74, 6) is -0.589. The van der Waals surface area contributed by atoms with Gasteiger partial charge in [0.2, 0.25) is 15.9 Å². The highest BCUT2D eigenvalue weighted by atomic mass is 35.5. The van der Waals surface area contributed by atoms with Gasteiger partial charge >= 0.3 is 0 Å². The molecule has 2 aromatic rings. The van der Waals surface area contributed by atoms with E-state index in [2.05, 4.69) is 5.32 Å². The molecular weight excluding hydrogens is 384 g/mol. The predicted octanol–water partition coefficient (Wildman–Crippen LogP) is 3.83. The highest BCUT2D eigenvalue weighted by Gasteiger charge is 2.32. The van der Waals surface area contributed by atoms with Crippen LogP contribution in [-0.2, 0) is 20.6 Å². The molecular formula is C20H23ClN2O3S. The second-order valence-corrected chi connectivity index (χ2v) is 9.27. The van der Waals surface area contributed by atoms with Crippen LogP contribution in [0.15, 0.2) is 48.5 Å². The number of rotatable bonds is 5. The zero-order valence-corrected chi connectivity index (χ0v) is 16.8. The first kappa shape index (κ1) is 19.9. The molecule has 0 unspecified atom stereocenters. The number of hydrogen-bond acceptors (Lipinski definition) is 3. The van der Waals surface area contributed by atoms with Gasteiger partial charge in [-0.3, -0.25) is 4.79 Å². The van der Waals surface area contributed by atoms with Crippen molar-refractivity contribution >= 4 is 33.2 Å². The third kappa shape index (κ3) is 5.09. The Labute approximate surface area is 165 Å². The molecule has 1 amide bonds.